The van der Waals surface area contributed by atoms with Crippen LogP contribution < -0.4 is 0 Å². The Labute approximate surface area is 93.5 Å². The Bertz CT molecular complexity index is 400. The fraction of sp³-hybridized carbons (Fsp3) is 0.333. The highest BCUT2D eigenvalue weighted by molar-refractivity contribution is 6.01. The van der Waals surface area contributed by atoms with E-state index in [0.29, 0.717) is 12.8 Å². The van der Waals surface area contributed by atoms with Crippen molar-refractivity contribution in [2.75, 3.05) is 0 Å². The standard InChI is InChI=1S/C12H13NO3/c14-12(15)7-6-10-8-11(13-16-10)9-4-2-1-3-5-9/h1-5,10H,6-8H2,(H,14,15). The van der Waals surface area contributed by atoms with Crippen LogP contribution in [0, 0.1) is 0 Å². The highest BCUT2D eigenvalue weighted by atomic mass is 16.6. The van der Waals surface area contributed by atoms with Crippen molar-refractivity contribution >= 4 is 11.7 Å². The van der Waals surface area contributed by atoms with E-state index in [-0.39, 0.29) is 12.5 Å². The van der Waals surface area contributed by atoms with Gasteiger partial charge in [-0.1, -0.05) is 35.5 Å². The van der Waals surface area contributed by atoms with Gasteiger partial charge in [0.25, 0.3) is 0 Å². The van der Waals surface area contributed by atoms with E-state index in [4.69, 9.17) is 9.94 Å². The molecule has 84 valence electrons. The third kappa shape index (κ3) is 2.59. The summed E-state index contributed by atoms with van der Waals surface area (Å²) in [4.78, 5) is 15.6. The van der Waals surface area contributed by atoms with E-state index >= 15 is 0 Å². The number of nitrogens with zero attached hydrogens (tertiary/aromatic N) is 1. The molecule has 1 N–H and O–H groups in total. The molecule has 1 atom stereocenters. The number of aliphatic carboxylic acids is 1. The predicted molar refractivity (Wildman–Crippen MR) is 59.3 cm³/mol. The van der Waals surface area contributed by atoms with Crippen molar-refractivity contribution in [3.63, 3.8) is 0 Å². The lowest BCUT2D eigenvalue weighted by Crippen LogP contribution is -2.10. The molecule has 0 amide bonds. The molecular weight excluding hydrogens is 206 g/mol. The van der Waals surface area contributed by atoms with Gasteiger partial charge in [0.2, 0.25) is 0 Å². The zero-order valence-corrected chi connectivity index (χ0v) is 8.80. The fourth-order valence-corrected chi connectivity index (χ4v) is 1.67. The molecule has 4 heteroatoms. The van der Waals surface area contributed by atoms with Crippen LogP contribution in [0.4, 0.5) is 0 Å². The first-order valence-corrected chi connectivity index (χ1v) is 5.25. The molecule has 0 saturated carbocycles. The van der Waals surface area contributed by atoms with Crippen LogP contribution in [0.1, 0.15) is 24.8 Å². The largest absolute Gasteiger partial charge is 0.481 e. The molecule has 0 radical (unpaired) electrons. The van der Waals surface area contributed by atoms with Crippen molar-refractivity contribution in [1.29, 1.82) is 0 Å². The molecule has 1 unspecified atom stereocenters. The van der Waals surface area contributed by atoms with Crippen molar-refractivity contribution in [1.82, 2.24) is 0 Å². The van der Waals surface area contributed by atoms with Gasteiger partial charge in [0, 0.05) is 12.8 Å². The third-order valence-corrected chi connectivity index (χ3v) is 2.52. The molecule has 1 aliphatic rings. The number of oxime groups is 1. The molecule has 0 fully saturated rings. The van der Waals surface area contributed by atoms with Gasteiger partial charge >= 0.3 is 5.97 Å². The van der Waals surface area contributed by atoms with Crippen LogP contribution >= 0.6 is 0 Å². The van der Waals surface area contributed by atoms with Gasteiger partial charge in [0.1, 0.15) is 6.10 Å². The van der Waals surface area contributed by atoms with E-state index in [9.17, 15) is 4.79 Å². The van der Waals surface area contributed by atoms with E-state index in [0.717, 1.165) is 11.3 Å². The molecule has 1 aliphatic heterocycles. The number of hydrogen-bond acceptors (Lipinski definition) is 3. The summed E-state index contributed by atoms with van der Waals surface area (Å²) in [5.74, 6) is -0.795. The SMILES string of the molecule is O=C(O)CCC1CC(c2ccccc2)=NO1. The number of carbonyl (C=O) groups is 1. The van der Waals surface area contributed by atoms with Crippen LogP contribution in [0.25, 0.3) is 0 Å². The number of carboxylic acids is 1. The van der Waals surface area contributed by atoms with Crippen LogP contribution in [-0.4, -0.2) is 22.9 Å². The van der Waals surface area contributed by atoms with Gasteiger partial charge in [0.05, 0.1) is 5.71 Å². The number of carboxylic acid groups (broad SMARTS) is 1. The lowest BCUT2D eigenvalue weighted by atomic mass is 10.0. The quantitative estimate of drug-likeness (QED) is 0.843. The smallest absolute Gasteiger partial charge is 0.303 e. The molecule has 1 aromatic carbocycles. The van der Waals surface area contributed by atoms with Gasteiger partial charge < -0.3 is 9.94 Å². The minimum Gasteiger partial charge on any atom is -0.481 e. The Morgan fingerprint density at radius 1 is 1.44 bits per heavy atom. The summed E-state index contributed by atoms with van der Waals surface area (Å²) < 4.78 is 0. The van der Waals surface area contributed by atoms with Crippen molar-refractivity contribution in [3.8, 4) is 0 Å². The number of rotatable bonds is 4. The minimum absolute atomic E-state index is 0.0914. The second kappa shape index (κ2) is 4.79. The summed E-state index contributed by atoms with van der Waals surface area (Å²) in [7, 11) is 0. The molecule has 0 spiro atoms. The monoisotopic (exact) mass is 219 g/mol. The Balaban J connectivity index is 1.90. The molecule has 0 bridgehead atoms. The van der Waals surface area contributed by atoms with Crippen molar-refractivity contribution < 1.29 is 14.7 Å². The highest BCUT2D eigenvalue weighted by Gasteiger charge is 2.22. The van der Waals surface area contributed by atoms with Crippen LogP contribution in [-0.2, 0) is 9.63 Å². The van der Waals surface area contributed by atoms with Gasteiger partial charge in [0.15, 0.2) is 0 Å². The Kier molecular flexibility index (Phi) is 3.19. The fourth-order valence-electron chi connectivity index (χ4n) is 1.67. The summed E-state index contributed by atoms with van der Waals surface area (Å²) in [6, 6.07) is 9.79. The second-order valence-electron chi connectivity index (χ2n) is 3.77. The Hall–Kier alpha value is -1.84. The predicted octanol–water partition coefficient (Wildman–Crippen LogP) is 2.04. The normalized spacial score (nSPS) is 19.0. The summed E-state index contributed by atoms with van der Waals surface area (Å²) in [5, 5.41) is 12.6. The van der Waals surface area contributed by atoms with Crippen molar-refractivity contribution in [3.05, 3.63) is 35.9 Å². The molecule has 0 aromatic heterocycles. The maximum atomic E-state index is 10.4. The average Bonchev–Trinajstić information content (AvgIpc) is 2.76. The van der Waals surface area contributed by atoms with Crippen LogP contribution in [0.3, 0.4) is 0 Å². The molecule has 1 aromatic rings. The van der Waals surface area contributed by atoms with E-state index in [1.165, 1.54) is 0 Å². The van der Waals surface area contributed by atoms with E-state index in [1.807, 2.05) is 30.3 Å². The van der Waals surface area contributed by atoms with Crippen molar-refractivity contribution in [2.24, 2.45) is 5.16 Å². The van der Waals surface area contributed by atoms with E-state index < -0.39 is 5.97 Å². The topological polar surface area (TPSA) is 58.9 Å². The van der Waals surface area contributed by atoms with E-state index in [2.05, 4.69) is 5.16 Å². The summed E-state index contributed by atoms with van der Waals surface area (Å²) in [6.07, 6.45) is 1.24. The minimum atomic E-state index is -0.795. The first kappa shape index (κ1) is 10.7. The lowest BCUT2D eigenvalue weighted by molar-refractivity contribution is -0.137. The van der Waals surface area contributed by atoms with Crippen LogP contribution in [0.5, 0.6) is 0 Å². The Morgan fingerprint density at radius 2 is 2.19 bits per heavy atom. The van der Waals surface area contributed by atoms with Gasteiger partial charge in [-0.3, -0.25) is 4.79 Å². The summed E-state index contributed by atoms with van der Waals surface area (Å²) in [5.41, 5.74) is 1.94. The van der Waals surface area contributed by atoms with Crippen LogP contribution in [0.15, 0.2) is 35.5 Å². The molecular formula is C12H13NO3. The first-order chi connectivity index (χ1) is 7.75. The summed E-state index contributed by atoms with van der Waals surface area (Å²) in [6.45, 7) is 0. The maximum Gasteiger partial charge on any atom is 0.303 e. The number of benzene rings is 1. The summed E-state index contributed by atoms with van der Waals surface area (Å²) >= 11 is 0. The molecule has 0 aliphatic carbocycles. The average molecular weight is 219 g/mol. The van der Waals surface area contributed by atoms with Gasteiger partial charge in [-0.15, -0.1) is 0 Å². The molecule has 4 nitrogen and oxygen atoms in total. The van der Waals surface area contributed by atoms with Gasteiger partial charge in [-0.25, -0.2) is 0 Å². The lowest BCUT2D eigenvalue weighted by Gasteiger charge is -2.04. The van der Waals surface area contributed by atoms with Crippen LogP contribution in [0.2, 0.25) is 0 Å². The Morgan fingerprint density at radius 3 is 2.88 bits per heavy atom. The molecule has 1 heterocycles. The van der Waals surface area contributed by atoms with Crippen molar-refractivity contribution in [2.45, 2.75) is 25.4 Å². The maximum absolute atomic E-state index is 10.4. The molecule has 2 rings (SSSR count). The van der Waals surface area contributed by atoms with Gasteiger partial charge in [-0.2, -0.15) is 0 Å². The molecule has 0 saturated heterocycles. The second-order valence-corrected chi connectivity index (χ2v) is 3.77. The zero-order valence-electron chi connectivity index (χ0n) is 8.80. The zero-order chi connectivity index (χ0) is 11.4. The number of hydrogen-bond donors (Lipinski definition) is 1. The molecule has 16 heavy (non-hydrogen) atoms. The highest BCUT2D eigenvalue weighted by Crippen LogP contribution is 2.19. The first-order valence-electron chi connectivity index (χ1n) is 5.25. The van der Waals surface area contributed by atoms with E-state index in [1.54, 1.807) is 0 Å². The van der Waals surface area contributed by atoms with Gasteiger partial charge in [-0.05, 0) is 12.0 Å². The third-order valence-electron chi connectivity index (χ3n) is 2.52.